The summed E-state index contributed by atoms with van der Waals surface area (Å²) >= 11 is 0. The highest BCUT2D eigenvalue weighted by atomic mass is 16.5. The minimum atomic E-state index is -0.359. The second kappa shape index (κ2) is 6.03. The Morgan fingerprint density at radius 2 is 2.00 bits per heavy atom. The second-order valence-corrected chi connectivity index (χ2v) is 5.24. The summed E-state index contributed by atoms with van der Waals surface area (Å²) in [7, 11) is 1.38. The highest BCUT2D eigenvalue weighted by Crippen LogP contribution is 2.23. The molecular formula is C13H23NO3. The lowest BCUT2D eigenvalue weighted by molar-refractivity contribution is -0.152. The minimum absolute atomic E-state index is 0.0137. The predicted octanol–water partition coefficient (Wildman–Crippen LogP) is 1.83. The van der Waals surface area contributed by atoms with Gasteiger partial charge < -0.3 is 9.64 Å². The van der Waals surface area contributed by atoms with E-state index >= 15 is 0 Å². The molecule has 0 aromatic carbocycles. The van der Waals surface area contributed by atoms with Gasteiger partial charge in [-0.1, -0.05) is 20.8 Å². The van der Waals surface area contributed by atoms with E-state index in [9.17, 15) is 9.59 Å². The molecule has 2 atom stereocenters. The van der Waals surface area contributed by atoms with Crippen LogP contribution in [0, 0.1) is 11.8 Å². The molecule has 4 heteroatoms. The van der Waals surface area contributed by atoms with Gasteiger partial charge in [-0.05, 0) is 25.2 Å². The van der Waals surface area contributed by atoms with Crippen LogP contribution in [0.3, 0.4) is 0 Å². The van der Waals surface area contributed by atoms with Gasteiger partial charge in [-0.2, -0.15) is 0 Å². The monoisotopic (exact) mass is 241 g/mol. The van der Waals surface area contributed by atoms with Crippen LogP contribution in [0.4, 0.5) is 0 Å². The summed E-state index contributed by atoms with van der Waals surface area (Å²) in [5.41, 5.74) is 0. The Bertz CT molecular complexity index is 288. The van der Waals surface area contributed by atoms with E-state index in [1.165, 1.54) is 7.11 Å². The fourth-order valence-corrected chi connectivity index (χ4v) is 2.50. The summed E-state index contributed by atoms with van der Waals surface area (Å²) < 4.78 is 4.74. The second-order valence-electron chi connectivity index (χ2n) is 5.24. The summed E-state index contributed by atoms with van der Waals surface area (Å²) in [5.74, 6) is 0.285. The molecule has 0 aliphatic carbocycles. The first-order valence-corrected chi connectivity index (χ1v) is 6.35. The van der Waals surface area contributed by atoms with Crippen molar-refractivity contribution in [3.05, 3.63) is 0 Å². The van der Waals surface area contributed by atoms with E-state index in [0.717, 1.165) is 19.3 Å². The van der Waals surface area contributed by atoms with Gasteiger partial charge >= 0.3 is 5.97 Å². The van der Waals surface area contributed by atoms with Gasteiger partial charge in [0.15, 0.2) is 0 Å². The summed E-state index contributed by atoms with van der Waals surface area (Å²) in [6.07, 6.45) is 2.48. The largest absolute Gasteiger partial charge is 0.467 e. The van der Waals surface area contributed by atoms with Crippen LogP contribution >= 0.6 is 0 Å². The maximum Gasteiger partial charge on any atom is 0.328 e. The molecule has 1 fully saturated rings. The number of hydrogen-bond donors (Lipinski definition) is 0. The van der Waals surface area contributed by atoms with Gasteiger partial charge in [0.05, 0.1) is 7.11 Å². The van der Waals surface area contributed by atoms with Crippen LogP contribution < -0.4 is 0 Å². The number of ether oxygens (including phenoxy) is 1. The molecule has 0 aromatic rings. The van der Waals surface area contributed by atoms with Gasteiger partial charge in [0.2, 0.25) is 5.91 Å². The van der Waals surface area contributed by atoms with Crippen molar-refractivity contribution in [1.82, 2.24) is 4.90 Å². The Morgan fingerprint density at radius 3 is 2.53 bits per heavy atom. The lowest BCUT2D eigenvalue weighted by atomic mass is 9.97. The Labute approximate surface area is 103 Å². The first-order chi connectivity index (χ1) is 7.97. The van der Waals surface area contributed by atoms with E-state index in [1.54, 1.807) is 4.90 Å². The van der Waals surface area contributed by atoms with E-state index in [4.69, 9.17) is 4.74 Å². The molecule has 0 aromatic heterocycles. The van der Waals surface area contributed by atoms with Crippen molar-refractivity contribution in [3.8, 4) is 0 Å². The highest BCUT2D eigenvalue weighted by molar-refractivity contribution is 5.86. The third-order valence-corrected chi connectivity index (χ3v) is 3.26. The molecule has 1 heterocycles. The van der Waals surface area contributed by atoms with Crippen LogP contribution in [0.15, 0.2) is 0 Å². The number of methoxy groups -OCH3 is 1. The topological polar surface area (TPSA) is 46.6 Å². The Balaban J connectivity index is 2.64. The quantitative estimate of drug-likeness (QED) is 0.705. The molecule has 17 heavy (non-hydrogen) atoms. The highest BCUT2D eigenvalue weighted by Gasteiger charge is 2.36. The van der Waals surface area contributed by atoms with Crippen LogP contribution in [0.2, 0.25) is 0 Å². The third kappa shape index (κ3) is 3.45. The zero-order valence-corrected chi connectivity index (χ0v) is 11.2. The SMILES string of the molecule is COC(=O)[C@@H]1CCCN1C(=O)[C@@H](C)CC(C)C. The zero-order chi connectivity index (χ0) is 13.0. The lowest BCUT2D eigenvalue weighted by Gasteiger charge is -2.26. The molecule has 4 nitrogen and oxygen atoms in total. The summed E-state index contributed by atoms with van der Waals surface area (Å²) in [6.45, 7) is 6.83. The number of amides is 1. The maximum atomic E-state index is 12.2. The first-order valence-electron chi connectivity index (χ1n) is 6.35. The van der Waals surface area contributed by atoms with Gasteiger partial charge in [-0.15, -0.1) is 0 Å². The van der Waals surface area contributed by atoms with Crippen molar-refractivity contribution >= 4 is 11.9 Å². The van der Waals surface area contributed by atoms with Crippen molar-refractivity contribution in [1.29, 1.82) is 0 Å². The van der Waals surface area contributed by atoms with E-state index in [-0.39, 0.29) is 23.8 Å². The standard InChI is InChI=1S/C13H23NO3/c1-9(2)8-10(3)12(15)14-7-5-6-11(14)13(16)17-4/h9-11H,5-8H2,1-4H3/t10-,11-/m0/s1. The molecule has 98 valence electrons. The van der Waals surface area contributed by atoms with Crippen molar-refractivity contribution < 1.29 is 14.3 Å². The molecule has 0 bridgehead atoms. The van der Waals surface area contributed by atoms with E-state index in [1.807, 2.05) is 6.92 Å². The fraction of sp³-hybridized carbons (Fsp3) is 0.846. The molecule has 0 N–H and O–H groups in total. The molecule has 0 saturated carbocycles. The molecule has 1 amide bonds. The molecule has 0 radical (unpaired) electrons. The smallest absolute Gasteiger partial charge is 0.328 e. The van der Waals surface area contributed by atoms with E-state index in [2.05, 4.69) is 13.8 Å². The van der Waals surface area contributed by atoms with E-state index in [0.29, 0.717) is 12.5 Å². The molecule has 1 aliphatic heterocycles. The normalized spacial score (nSPS) is 21.7. The van der Waals surface area contributed by atoms with Crippen LogP contribution in [0.25, 0.3) is 0 Å². The zero-order valence-electron chi connectivity index (χ0n) is 11.2. The average Bonchev–Trinajstić information content (AvgIpc) is 2.74. The molecular weight excluding hydrogens is 218 g/mol. The molecule has 0 spiro atoms. The average molecular weight is 241 g/mol. The molecule has 1 saturated heterocycles. The van der Waals surface area contributed by atoms with Crippen LogP contribution in [-0.4, -0.2) is 36.5 Å². The number of nitrogens with zero attached hydrogens (tertiary/aromatic N) is 1. The van der Waals surface area contributed by atoms with Crippen molar-refractivity contribution in [3.63, 3.8) is 0 Å². The van der Waals surface area contributed by atoms with Crippen LogP contribution in [-0.2, 0) is 14.3 Å². The van der Waals surface area contributed by atoms with Gasteiger partial charge in [0.25, 0.3) is 0 Å². The van der Waals surface area contributed by atoms with Gasteiger partial charge in [-0.3, -0.25) is 4.79 Å². The van der Waals surface area contributed by atoms with E-state index < -0.39 is 0 Å². The van der Waals surface area contributed by atoms with Gasteiger partial charge in [0, 0.05) is 12.5 Å². The Kier molecular flexibility index (Phi) is 4.97. The molecule has 0 unspecified atom stereocenters. The Hall–Kier alpha value is -1.06. The number of esters is 1. The van der Waals surface area contributed by atoms with Gasteiger partial charge in [-0.25, -0.2) is 4.79 Å². The molecule has 1 aliphatic rings. The van der Waals surface area contributed by atoms with Crippen LogP contribution in [0.1, 0.15) is 40.0 Å². The first kappa shape index (κ1) is 14.0. The third-order valence-electron chi connectivity index (χ3n) is 3.26. The van der Waals surface area contributed by atoms with Crippen molar-refractivity contribution in [2.24, 2.45) is 11.8 Å². The number of hydrogen-bond acceptors (Lipinski definition) is 3. The summed E-state index contributed by atoms with van der Waals surface area (Å²) in [5, 5.41) is 0. The van der Waals surface area contributed by atoms with Gasteiger partial charge in [0.1, 0.15) is 6.04 Å². The summed E-state index contributed by atoms with van der Waals surface area (Å²) in [4.78, 5) is 25.5. The summed E-state index contributed by atoms with van der Waals surface area (Å²) in [6, 6.07) is -0.359. The van der Waals surface area contributed by atoms with Crippen LogP contribution in [0.5, 0.6) is 0 Å². The molecule has 1 rings (SSSR count). The number of likely N-dealkylation sites (tertiary alicyclic amines) is 1. The maximum absolute atomic E-state index is 12.2. The van der Waals surface area contributed by atoms with Crippen molar-refractivity contribution in [2.45, 2.75) is 46.1 Å². The minimum Gasteiger partial charge on any atom is -0.467 e. The lowest BCUT2D eigenvalue weighted by Crippen LogP contribution is -2.43. The fourth-order valence-electron chi connectivity index (χ4n) is 2.50. The number of carbonyl (C=O) groups excluding carboxylic acids is 2. The number of rotatable bonds is 4. The number of carbonyl (C=O) groups is 2. The van der Waals surface area contributed by atoms with Crippen molar-refractivity contribution in [2.75, 3.05) is 13.7 Å². The Morgan fingerprint density at radius 1 is 1.35 bits per heavy atom. The predicted molar refractivity (Wildman–Crippen MR) is 65.4 cm³/mol.